The van der Waals surface area contributed by atoms with Gasteiger partial charge in [-0.1, -0.05) is 25.1 Å². The Hall–Kier alpha value is -2.43. The zero-order chi connectivity index (χ0) is 17.6. The van der Waals surface area contributed by atoms with Gasteiger partial charge in [-0.2, -0.15) is 0 Å². The fraction of sp³-hybridized carbons (Fsp3) is 0.450. The number of ether oxygens (including phenoxy) is 2. The van der Waals surface area contributed by atoms with Crippen LogP contribution in [0.5, 0.6) is 0 Å². The van der Waals surface area contributed by atoms with Crippen molar-refractivity contribution < 1.29 is 19.1 Å². The summed E-state index contributed by atoms with van der Waals surface area (Å²) in [7, 11) is 0. The van der Waals surface area contributed by atoms with E-state index in [1.165, 1.54) is 0 Å². The van der Waals surface area contributed by atoms with Gasteiger partial charge in [0.2, 0.25) is 6.10 Å². The number of carbonyl (C=O) groups is 2. The van der Waals surface area contributed by atoms with Crippen molar-refractivity contribution in [2.24, 2.45) is 5.92 Å². The molecule has 130 valence electrons. The number of pyridine rings is 1. The number of para-hydroxylation sites is 1. The highest BCUT2D eigenvalue weighted by Crippen LogP contribution is 2.32. The number of cyclic esters (lactones) is 1. The first-order chi connectivity index (χ1) is 12.0. The van der Waals surface area contributed by atoms with Crippen LogP contribution in [0.2, 0.25) is 0 Å². The number of rotatable bonds is 2. The second kappa shape index (κ2) is 6.14. The molecule has 0 unspecified atom stereocenters. The van der Waals surface area contributed by atoms with Crippen LogP contribution in [0.4, 0.5) is 0 Å². The number of benzene rings is 1. The molecule has 2 aliphatic rings. The van der Waals surface area contributed by atoms with Gasteiger partial charge in [-0.25, -0.2) is 9.59 Å². The van der Waals surface area contributed by atoms with Crippen LogP contribution in [-0.2, 0) is 27.1 Å². The van der Waals surface area contributed by atoms with E-state index in [9.17, 15) is 9.59 Å². The monoisotopic (exact) mass is 339 g/mol. The average Bonchev–Trinajstić information content (AvgIpc) is 2.89. The number of carbonyl (C=O) groups excluding carboxylic acids is 2. The van der Waals surface area contributed by atoms with E-state index in [1.807, 2.05) is 24.3 Å². The summed E-state index contributed by atoms with van der Waals surface area (Å²) >= 11 is 0. The number of esters is 2. The Morgan fingerprint density at radius 1 is 1.28 bits per heavy atom. The SMILES string of the molecule is C[C@@H]1CCc2nc3ccccc3c(C(=O)O[C@@H]3C[C@@H](C)OC3=O)c2C1. The number of aromatic nitrogens is 1. The lowest BCUT2D eigenvalue weighted by atomic mass is 9.84. The third-order valence-corrected chi connectivity index (χ3v) is 5.09. The maximum atomic E-state index is 13.0. The predicted molar refractivity (Wildman–Crippen MR) is 92.3 cm³/mol. The van der Waals surface area contributed by atoms with Crippen molar-refractivity contribution in [3.8, 4) is 0 Å². The number of hydrogen-bond donors (Lipinski definition) is 0. The molecule has 1 aromatic heterocycles. The zero-order valence-corrected chi connectivity index (χ0v) is 14.5. The molecule has 4 rings (SSSR count). The van der Waals surface area contributed by atoms with Crippen LogP contribution < -0.4 is 0 Å². The fourth-order valence-corrected chi connectivity index (χ4v) is 3.80. The van der Waals surface area contributed by atoms with E-state index in [-0.39, 0.29) is 6.10 Å². The van der Waals surface area contributed by atoms with Crippen molar-refractivity contribution in [2.45, 2.75) is 51.7 Å². The normalized spacial score (nSPS) is 25.5. The molecule has 1 aliphatic carbocycles. The smallest absolute Gasteiger partial charge is 0.347 e. The van der Waals surface area contributed by atoms with Gasteiger partial charge in [0.05, 0.1) is 11.1 Å². The molecular formula is C20H21NO4. The highest BCUT2D eigenvalue weighted by molar-refractivity contribution is 6.05. The molecule has 0 N–H and O–H groups in total. The highest BCUT2D eigenvalue weighted by Gasteiger charge is 2.36. The molecule has 1 aliphatic heterocycles. The quantitative estimate of drug-likeness (QED) is 0.786. The van der Waals surface area contributed by atoms with E-state index in [0.29, 0.717) is 17.9 Å². The Balaban J connectivity index is 1.78. The maximum Gasteiger partial charge on any atom is 0.347 e. The molecule has 1 aromatic carbocycles. The van der Waals surface area contributed by atoms with E-state index < -0.39 is 18.0 Å². The topological polar surface area (TPSA) is 65.5 Å². The molecule has 0 saturated carbocycles. The summed E-state index contributed by atoms with van der Waals surface area (Å²) in [6, 6.07) is 7.62. The first-order valence-corrected chi connectivity index (χ1v) is 8.85. The molecule has 0 bridgehead atoms. The van der Waals surface area contributed by atoms with Crippen LogP contribution in [0.1, 0.15) is 48.3 Å². The third-order valence-electron chi connectivity index (χ3n) is 5.09. The van der Waals surface area contributed by atoms with Gasteiger partial charge >= 0.3 is 11.9 Å². The largest absolute Gasteiger partial charge is 0.460 e. The van der Waals surface area contributed by atoms with Gasteiger partial charge in [-0.3, -0.25) is 4.98 Å². The molecule has 0 spiro atoms. The van der Waals surface area contributed by atoms with Gasteiger partial charge in [0, 0.05) is 17.5 Å². The predicted octanol–water partition coefficient (Wildman–Crippen LogP) is 3.22. The van der Waals surface area contributed by atoms with E-state index in [2.05, 4.69) is 6.92 Å². The summed E-state index contributed by atoms with van der Waals surface area (Å²) in [5.41, 5.74) is 3.32. The third kappa shape index (κ3) is 2.88. The lowest BCUT2D eigenvalue weighted by Gasteiger charge is -2.24. The first-order valence-electron chi connectivity index (χ1n) is 8.85. The minimum atomic E-state index is -0.814. The van der Waals surface area contributed by atoms with E-state index in [1.54, 1.807) is 6.92 Å². The Morgan fingerprint density at radius 3 is 2.84 bits per heavy atom. The molecule has 5 heteroatoms. The van der Waals surface area contributed by atoms with Crippen LogP contribution in [0.15, 0.2) is 24.3 Å². The molecule has 0 radical (unpaired) electrons. The average molecular weight is 339 g/mol. The van der Waals surface area contributed by atoms with Crippen molar-refractivity contribution in [3.05, 3.63) is 41.1 Å². The van der Waals surface area contributed by atoms with E-state index in [0.717, 1.165) is 41.4 Å². The Morgan fingerprint density at radius 2 is 2.08 bits per heavy atom. The molecule has 1 fully saturated rings. The zero-order valence-electron chi connectivity index (χ0n) is 14.5. The molecular weight excluding hydrogens is 318 g/mol. The molecule has 0 amide bonds. The van der Waals surface area contributed by atoms with E-state index >= 15 is 0 Å². The van der Waals surface area contributed by atoms with Crippen LogP contribution in [0.25, 0.3) is 10.9 Å². The summed E-state index contributed by atoms with van der Waals surface area (Å²) in [6.45, 7) is 3.99. The minimum absolute atomic E-state index is 0.214. The summed E-state index contributed by atoms with van der Waals surface area (Å²) in [5, 5.41) is 0.791. The fourth-order valence-electron chi connectivity index (χ4n) is 3.80. The standard InChI is InChI=1S/C20H21NO4/c1-11-7-8-16-14(9-11)18(13-5-3-4-6-15(13)21-16)20(23)25-17-10-12(2)24-19(17)22/h3-6,11-12,17H,7-10H2,1-2H3/t11-,12-,17-/m1/s1. The number of nitrogens with zero attached hydrogens (tertiary/aromatic N) is 1. The van der Waals surface area contributed by atoms with Gasteiger partial charge in [0.25, 0.3) is 0 Å². The lowest BCUT2D eigenvalue weighted by molar-refractivity contribution is -0.147. The Labute approximate surface area is 146 Å². The van der Waals surface area contributed by atoms with E-state index in [4.69, 9.17) is 14.5 Å². The van der Waals surface area contributed by atoms with Crippen molar-refractivity contribution in [2.75, 3.05) is 0 Å². The van der Waals surface area contributed by atoms with Crippen LogP contribution >= 0.6 is 0 Å². The van der Waals surface area contributed by atoms with Crippen LogP contribution in [-0.4, -0.2) is 29.1 Å². The second-order valence-corrected chi connectivity index (χ2v) is 7.15. The van der Waals surface area contributed by atoms with Gasteiger partial charge in [0.1, 0.15) is 6.10 Å². The van der Waals surface area contributed by atoms with Gasteiger partial charge in [-0.05, 0) is 43.7 Å². The van der Waals surface area contributed by atoms with Gasteiger partial charge in [-0.15, -0.1) is 0 Å². The van der Waals surface area contributed by atoms with Crippen molar-refractivity contribution in [1.29, 1.82) is 0 Å². The molecule has 2 aromatic rings. The Kier molecular flexibility index (Phi) is 3.94. The maximum absolute atomic E-state index is 13.0. The number of aryl methyl sites for hydroxylation is 1. The highest BCUT2D eigenvalue weighted by atomic mass is 16.6. The molecule has 2 heterocycles. The lowest BCUT2D eigenvalue weighted by Crippen LogP contribution is -2.25. The summed E-state index contributed by atoms with van der Waals surface area (Å²) < 4.78 is 10.6. The van der Waals surface area contributed by atoms with Crippen molar-refractivity contribution in [1.82, 2.24) is 4.98 Å². The molecule has 5 nitrogen and oxygen atoms in total. The summed E-state index contributed by atoms with van der Waals surface area (Å²) in [6.07, 6.45) is 2.12. The summed E-state index contributed by atoms with van der Waals surface area (Å²) in [5.74, 6) is -0.403. The van der Waals surface area contributed by atoms with Crippen LogP contribution in [0.3, 0.4) is 0 Å². The minimum Gasteiger partial charge on any atom is -0.460 e. The van der Waals surface area contributed by atoms with Gasteiger partial charge < -0.3 is 9.47 Å². The van der Waals surface area contributed by atoms with Crippen molar-refractivity contribution in [3.63, 3.8) is 0 Å². The molecule has 1 saturated heterocycles. The van der Waals surface area contributed by atoms with Crippen LogP contribution in [0, 0.1) is 5.92 Å². The first kappa shape index (κ1) is 16.1. The molecule has 3 atom stereocenters. The summed E-state index contributed by atoms with van der Waals surface area (Å²) in [4.78, 5) is 29.6. The van der Waals surface area contributed by atoms with Crippen molar-refractivity contribution >= 4 is 22.8 Å². The number of fused-ring (bicyclic) bond motifs is 2. The van der Waals surface area contributed by atoms with Gasteiger partial charge in [0.15, 0.2) is 0 Å². The number of hydrogen-bond acceptors (Lipinski definition) is 5. The molecule has 25 heavy (non-hydrogen) atoms. The second-order valence-electron chi connectivity index (χ2n) is 7.15. The Bertz CT molecular complexity index is 860.